The van der Waals surface area contributed by atoms with E-state index < -0.39 is 11.6 Å². The predicted octanol–water partition coefficient (Wildman–Crippen LogP) is 3.98. The molecule has 1 amide bonds. The van der Waals surface area contributed by atoms with Gasteiger partial charge < -0.3 is 10.2 Å². The number of hydrogen-bond acceptors (Lipinski definition) is 3. The summed E-state index contributed by atoms with van der Waals surface area (Å²) in [6.45, 7) is 3.54. The molecule has 2 heterocycles. The van der Waals surface area contributed by atoms with Gasteiger partial charge in [-0.15, -0.1) is 0 Å². The zero-order chi connectivity index (χ0) is 17.1. The van der Waals surface area contributed by atoms with E-state index in [0.717, 1.165) is 12.8 Å². The van der Waals surface area contributed by atoms with Crippen LogP contribution in [-0.2, 0) is 0 Å². The van der Waals surface area contributed by atoms with Crippen LogP contribution in [0.4, 0.5) is 20.2 Å². The summed E-state index contributed by atoms with van der Waals surface area (Å²) >= 11 is 0. The molecular formula is C18H19F2N3O. The number of nitrogens with zero attached hydrogens (tertiary/aromatic N) is 2. The van der Waals surface area contributed by atoms with Crippen molar-refractivity contribution in [3.8, 4) is 0 Å². The number of likely N-dealkylation sites (tertiary alicyclic amines) is 1. The number of rotatable bonds is 3. The number of pyridine rings is 1. The number of aromatic nitrogens is 1. The third-order valence-corrected chi connectivity index (χ3v) is 4.16. The fraction of sp³-hybridized carbons (Fsp3) is 0.333. The molecule has 126 valence electrons. The van der Waals surface area contributed by atoms with Gasteiger partial charge in [0, 0.05) is 25.0 Å². The first-order valence-electron chi connectivity index (χ1n) is 8.01. The molecule has 0 saturated carbocycles. The van der Waals surface area contributed by atoms with Gasteiger partial charge in [-0.05, 0) is 43.0 Å². The summed E-state index contributed by atoms with van der Waals surface area (Å²) in [6, 6.07) is 6.74. The molecule has 1 N–H and O–H groups in total. The molecule has 0 spiro atoms. The lowest BCUT2D eigenvalue weighted by atomic mass is 10.00. The Morgan fingerprint density at radius 2 is 2.04 bits per heavy atom. The van der Waals surface area contributed by atoms with Crippen LogP contribution in [0.15, 0.2) is 36.5 Å². The van der Waals surface area contributed by atoms with Gasteiger partial charge in [0.25, 0.3) is 5.91 Å². The molecule has 0 radical (unpaired) electrons. The highest BCUT2D eigenvalue weighted by molar-refractivity contribution is 5.93. The van der Waals surface area contributed by atoms with Crippen LogP contribution in [0.25, 0.3) is 0 Å². The second-order valence-electron chi connectivity index (χ2n) is 6.15. The zero-order valence-electron chi connectivity index (χ0n) is 13.4. The lowest BCUT2D eigenvalue weighted by Gasteiger charge is -2.30. The standard InChI is InChI=1S/C18H19F2N3O/c1-12-4-3-9-23(11-12)18(24)16-10-13(7-8-21-16)22-17-14(19)5-2-6-15(17)20/h2,5-8,10,12H,3-4,9,11H2,1H3,(H,21,22). The number of carbonyl (C=O) groups excluding carboxylic acids is 1. The van der Waals surface area contributed by atoms with Gasteiger partial charge in [0.15, 0.2) is 0 Å². The minimum absolute atomic E-state index is 0.154. The third-order valence-electron chi connectivity index (χ3n) is 4.16. The monoisotopic (exact) mass is 331 g/mol. The normalized spacial score (nSPS) is 17.6. The van der Waals surface area contributed by atoms with Crippen LogP contribution in [0.5, 0.6) is 0 Å². The van der Waals surface area contributed by atoms with Gasteiger partial charge in [0.1, 0.15) is 23.0 Å². The maximum absolute atomic E-state index is 13.7. The van der Waals surface area contributed by atoms with Crippen molar-refractivity contribution in [1.29, 1.82) is 0 Å². The van der Waals surface area contributed by atoms with E-state index in [2.05, 4.69) is 17.2 Å². The molecule has 6 heteroatoms. The van der Waals surface area contributed by atoms with Crippen molar-refractivity contribution in [3.05, 3.63) is 53.9 Å². The second-order valence-corrected chi connectivity index (χ2v) is 6.15. The summed E-state index contributed by atoms with van der Waals surface area (Å²) in [5.41, 5.74) is 0.446. The first-order chi connectivity index (χ1) is 11.5. The Morgan fingerprint density at radius 3 is 2.75 bits per heavy atom. The summed E-state index contributed by atoms with van der Waals surface area (Å²) < 4.78 is 27.5. The molecule has 1 aromatic heterocycles. The Balaban J connectivity index is 1.80. The number of benzene rings is 1. The van der Waals surface area contributed by atoms with E-state index in [-0.39, 0.29) is 17.3 Å². The average Bonchev–Trinajstić information content (AvgIpc) is 2.58. The van der Waals surface area contributed by atoms with Crippen LogP contribution >= 0.6 is 0 Å². The summed E-state index contributed by atoms with van der Waals surface area (Å²) in [7, 11) is 0. The van der Waals surface area contributed by atoms with Crippen molar-refractivity contribution in [2.45, 2.75) is 19.8 Å². The third kappa shape index (κ3) is 3.53. The van der Waals surface area contributed by atoms with Gasteiger partial charge in [-0.1, -0.05) is 13.0 Å². The topological polar surface area (TPSA) is 45.2 Å². The first kappa shape index (κ1) is 16.4. The number of nitrogens with one attached hydrogen (secondary N) is 1. The molecule has 1 aliphatic heterocycles. The zero-order valence-corrected chi connectivity index (χ0v) is 13.4. The van der Waals surface area contributed by atoms with Crippen molar-refractivity contribution >= 4 is 17.3 Å². The SMILES string of the molecule is CC1CCCN(C(=O)c2cc(Nc3c(F)cccc3F)ccn2)C1. The van der Waals surface area contributed by atoms with Crippen molar-refractivity contribution in [2.75, 3.05) is 18.4 Å². The summed E-state index contributed by atoms with van der Waals surface area (Å²) in [4.78, 5) is 18.5. The van der Waals surface area contributed by atoms with Gasteiger partial charge in [-0.25, -0.2) is 8.78 Å². The largest absolute Gasteiger partial charge is 0.351 e. The number of anilines is 2. The molecule has 0 aliphatic carbocycles. The molecular weight excluding hydrogens is 312 g/mol. The summed E-state index contributed by atoms with van der Waals surface area (Å²) in [6.07, 6.45) is 3.55. The van der Waals surface area contributed by atoms with Gasteiger partial charge in [0.05, 0.1) is 0 Å². The van der Waals surface area contributed by atoms with E-state index in [1.807, 2.05) is 0 Å². The Hall–Kier alpha value is -2.50. The van der Waals surface area contributed by atoms with E-state index in [1.165, 1.54) is 30.5 Å². The Bertz CT molecular complexity index is 731. The minimum Gasteiger partial charge on any atom is -0.351 e. The number of amides is 1. The fourth-order valence-electron chi connectivity index (χ4n) is 2.92. The van der Waals surface area contributed by atoms with Gasteiger partial charge in [0.2, 0.25) is 0 Å². The van der Waals surface area contributed by atoms with Crippen molar-refractivity contribution in [1.82, 2.24) is 9.88 Å². The van der Waals surface area contributed by atoms with Gasteiger partial charge >= 0.3 is 0 Å². The smallest absolute Gasteiger partial charge is 0.272 e. The highest BCUT2D eigenvalue weighted by atomic mass is 19.1. The molecule has 1 atom stereocenters. The number of halogens is 2. The van der Waals surface area contributed by atoms with E-state index in [4.69, 9.17) is 0 Å². The van der Waals surface area contributed by atoms with Crippen LogP contribution in [-0.4, -0.2) is 28.9 Å². The molecule has 3 rings (SSSR count). The molecule has 1 saturated heterocycles. The fourth-order valence-corrected chi connectivity index (χ4v) is 2.92. The van der Waals surface area contributed by atoms with Crippen LogP contribution in [0.3, 0.4) is 0 Å². The predicted molar refractivity (Wildman–Crippen MR) is 88.2 cm³/mol. The van der Waals surface area contributed by atoms with Crippen LogP contribution in [0.2, 0.25) is 0 Å². The number of para-hydroxylation sites is 1. The van der Waals surface area contributed by atoms with Crippen molar-refractivity contribution < 1.29 is 13.6 Å². The van der Waals surface area contributed by atoms with Gasteiger partial charge in [-0.2, -0.15) is 0 Å². The number of hydrogen-bond donors (Lipinski definition) is 1. The molecule has 1 aromatic carbocycles. The van der Waals surface area contributed by atoms with Crippen LogP contribution in [0.1, 0.15) is 30.3 Å². The van der Waals surface area contributed by atoms with Crippen molar-refractivity contribution in [3.63, 3.8) is 0 Å². The Morgan fingerprint density at radius 1 is 1.29 bits per heavy atom. The summed E-state index contributed by atoms with van der Waals surface area (Å²) in [5.74, 6) is -1.06. The van der Waals surface area contributed by atoms with E-state index in [0.29, 0.717) is 24.7 Å². The maximum atomic E-state index is 13.7. The lowest BCUT2D eigenvalue weighted by Crippen LogP contribution is -2.39. The number of carbonyl (C=O) groups is 1. The lowest BCUT2D eigenvalue weighted by molar-refractivity contribution is 0.0677. The van der Waals surface area contributed by atoms with Crippen LogP contribution < -0.4 is 5.32 Å². The molecule has 1 fully saturated rings. The highest BCUT2D eigenvalue weighted by Gasteiger charge is 2.23. The quantitative estimate of drug-likeness (QED) is 0.925. The second kappa shape index (κ2) is 6.95. The average molecular weight is 331 g/mol. The molecule has 24 heavy (non-hydrogen) atoms. The molecule has 0 bridgehead atoms. The molecule has 1 unspecified atom stereocenters. The Labute approximate surface area is 139 Å². The first-order valence-corrected chi connectivity index (χ1v) is 8.01. The summed E-state index contributed by atoms with van der Waals surface area (Å²) in [5, 5.41) is 2.69. The van der Waals surface area contributed by atoms with E-state index >= 15 is 0 Å². The molecule has 4 nitrogen and oxygen atoms in total. The molecule has 1 aliphatic rings. The van der Waals surface area contributed by atoms with Crippen molar-refractivity contribution in [2.24, 2.45) is 5.92 Å². The van der Waals surface area contributed by atoms with Gasteiger partial charge in [-0.3, -0.25) is 9.78 Å². The van der Waals surface area contributed by atoms with E-state index in [1.54, 1.807) is 11.0 Å². The highest BCUT2D eigenvalue weighted by Crippen LogP contribution is 2.24. The van der Waals surface area contributed by atoms with Crippen LogP contribution in [0, 0.1) is 17.6 Å². The minimum atomic E-state index is -0.690. The number of piperidine rings is 1. The van der Waals surface area contributed by atoms with E-state index in [9.17, 15) is 13.6 Å². The molecule has 2 aromatic rings. The maximum Gasteiger partial charge on any atom is 0.272 e. The Kier molecular flexibility index (Phi) is 4.74.